The number of carbonyl (C=O) groups excluding carboxylic acids is 2. The highest BCUT2D eigenvalue weighted by Crippen LogP contribution is 2.75. The quantitative estimate of drug-likeness (QED) is 0.424. The van der Waals surface area contributed by atoms with Gasteiger partial charge in [-0.15, -0.1) is 0 Å². The number of aliphatic hydroxyl groups is 2. The Morgan fingerprint density at radius 1 is 1.16 bits per heavy atom. The average molecular weight is 523 g/mol. The lowest BCUT2D eigenvalue weighted by atomic mass is 9.35. The lowest BCUT2D eigenvalue weighted by molar-refractivity contribution is -0.161. The van der Waals surface area contributed by atoms with Gasteiger partial charge >= 0.3 is 6.03 Å². The van der Waals surface area contributed by atoms with Crippen molar-refractivity contribution in [1.82, 2.24) is 4.90 Å². The number of aliphatic hydroxyl groups excluding tert-OH is 2. The van der Waals surface area contributed by atoms with Crippen LogP contribution in [0.5, 0.6) is 0 Å². The Kier molecular flexibility index (Phi) is 6.15. The minimum Gasteiger partial charge on any atom is -0.504 e. The molecule has 4 N–H and O–H groups in total. The summed E-state index contributed by atoms with van der Waals surface area (Å²) in [6, 6.07) is -0.707. The van der Waals surface area contributed by atoms with Gasteiger partial charge < -0.3 is 20.8 Å². The van der Waals surface area contributed by atoms with Gasteiger partial charge in [-0.1, -0.05) is 52.3 Å². The third-order valence-corrected chi connectivity index (χ3v) is 12.3. The van der Waals surface area contributed by atoms with E-state index in [2.05, 4.69) is 46.8 Å². The predicted molar refractivity (Wildman–Crippen MR) is 149 cm³/mol. The molecule has 6 heteroatoms. The zero-order valence-electron chi connectivity index (χ0n) is 24.2. The third-order valence-electron chi connectivity index (χ3n) is 12.3. The second kappa shape index (κ2) is 8.58. The van der Waals surface area contributed by atoms with Crippen molar-refractivity contribution in [3.05, 3.63) is 46.3 Å². The highest BCUT2D eigenvalue weighted by Gasteiger charge is 2.66. The molecule has 5 rings (SSSR count). The molecule has 3 unspecified atom stereocenters. The topological polar surface area (TPSA) is 104 Å². The second-order valence-electron chi connectivity index (χ2n) is 14.1. The highest BCUT2D eigenvalue weighted by atomic mass is 16.3. The molecule has 2 amide bonds. The Labute approximate surface area is 227 Å². The monoisotopic (exact) mass is 522 g/mol. The van der Waals surface area contributed by atoms with Crippen LogP contribution in [0.4, 0.5) is 4.79 Å². The molecule has 3 saturated carbocycles. The van der Waals surface area contributed by atoms with E-state index in [9.17, 15) is 19.8 Å². The normalized spacial score (nSPS) is 43.0. The van der Waals surface area contributed by atoms with Gasteiger partial charge in [0.05, 0.1) is 12.6 Å². The first-order chi connectivity index (χ1) is 17.6. The molecule has 0 saturated heterocycles. The van der Waals surface area contributed by atoms with Crippen LogP contribution in [-0.2, 0) is 4.79 Å². The Morgan fingerprint density at radius 3 is 2.47 bits per heavy atom. The summed E-state index contributed by atoms with van der Waals surface area (Å²) in [6.07, 6.45) is 12.2. The molecule has 0 spiro atoms. The molecule has 208 valence electrons. The lowest BCUT2D eigenvalue weighted by Crippen LogP contribution is -2.64. The van der Waals surface area contributed by atoms with Crippen LogP contribution in [-0.4, -0.2) is 45.6 Å². The molecule has 38 heavy (non-hydrogen) atoms. The number of carbonyl (C=O) groups is 2. The molecule has 8 atom stereocenters. The van der Waals surface area contributed by atoms with Gasteiger partial charge in [-0.3, -0.25) is 4.79 Å². The summed E-state index contributed by atoms with van der Waals surface area (Å²) in [5.41, 5.74) is 9.92. The molecule has 0 radical (unpaired) electrons. The molecule has 3 fully saturated rings. The zero-order valence-corrected chi connectivity index (χ0v) is 24.2. The molecule has 0 aromatic carbocycles. The maximum atomic E-state index is 12.7. The third kappa shape index (κ3) is 3.41. The Hall–Kier alpha value is -2.34. The summed E-state index contributed by atoms with van der Waals surface area (Å²) in [5.74, 6) is 0.355. The summed E-state index contributed by atoms with van der Waals surface area (Å²) < 4.78 is 0. The lowest BCUT2D eigenvalue weighted by Gasteiger charge is -2.70. The largest absolute Gasteiger partial charge is 0.504 e. The van der Waals surface area contributed by atoms with Crippen LogP contribution < -0.4 is 5.73 Å². The van der Waals surface area contributed by atoms with Gasteiger partial charge in [0.1, 0.15) is 0 Å². The fraction of sp³-hybridized carbons (Fsp3) is 0.688. The summed E-state index contributed by atoms with van der Waals surface area (Å²) in [6.45, 7) is 15.6. The highest BCUT2D eigenvalue weighted by molar-refractivity contribution is 6.06. The van der Waals surface area contributed by atoms with Crippen LogP contribution in [0.1, 0.15) is 87.0 Å². The number of nitrogens with zero attached hydrogens (tertiary/aromatic N) is 1. The predicted octanol–water partition coefficient (Wildman–Crippen LogP) is 5.98. The van der Waals surface area contributed by atoms with E-state index >= 15 is 0 Å². The van der Waals surface area contributed by atoms with E-state index in [-0.39, 0.29) is 57.8 Å². The maximum absolute atomic E-state index is 12.7. The molecule has 0 bridgehead atoms. The summed E-state index contributed by atoms with van der Waals surface area (Å²) in [5, 5.41) is 20.2. The van der Waals surface area contributed by atoms with Crippen molar-refractivity contribution in [1.29, 1.82) is 0 Å². The number of nitrogens with two attached hydrogens (primary N) is 1. The van der Waals surface area contributed by atoms with Gasteiger partial charge in [0.15, 0.2) is 5.76 Å². The summed E-state index contributed by atoms with van der Waals surface area (Å²) >= 11 is 0. The first kappa shape index (κ1) is 27.2. The average Bonchev–Trinajstić information content (AvgIpc) is 2.85. The minimum absolute atomic E-state index is 0.0259. The fourth-order valence-corrected chi connectivity index (χ4v) is 9.74. The van der Waals surface area contributed by atoms with E-state index in [0.717, 1.165) is 49.7 Å². The standard InChI is InChI=1S/C32H46N2O4/c1-18-14-26-29(4,16-23(18)34(28(33)38)19(2)17-35)10-12-31(6)25-9-8-21-20(3)27(37)24(36)15-22(21)30(25,5)11-13-32(26,31)7/h8-9,15,18-19,23,26,35,37H,10-14,16-17H2,1-7H3,(H2,33,38)/t18-,19?,23?,26?,29+,30+,31-,32+/m1/s1. The first-order valence-electron chi connectivity index (χ1n) is 14.4. The van der Waals surface area contributed by atoms with Gasteiger partial charge in [-0.2, -0.15) is 0 Å². The number of primary amides is 1. The number of rotatable bonds is 3. The van der Waals surface area contributed by atoms with Gasteiger partial charge in [0.25, 0.3) is 0 Å². The van der Waals surface area contributed by atoms with E-state index in [4.69, 9.17) is 5.73 Å². The van der Waals surface area contributed by atoms with Crippen molar-refractivity contribution in [2.24, 2.45) is 39.2 Å². The maximum Gasteiger partial charge on any atom is 0.315 e. The number of amides is 2. The molecular formula is C32H46N2O4. The first-order valence-corrected chi connectivity index (χ1v) is 14.4. The molecule has 5 aliphatic carbocycles. The Bertz CT molecular complexity index is 1210. The van der Waals surface area contributed by atoms with Crippen molar-refractivity contribution in [3.8, 4) is 0 Å². The number of hydrogen-bond donors (Lipinski definition) is 3. The van der Waals surface area contributed by atoms with Crippen molar-refractivity contribution in [2.45, 2.75) is 99.1 Å². The molecule has 0 aliphatic heterocycles. The number of allylic oxidation sites excluding steroid dienone is 7. The van der Waals surface area contributed by atoms with E-state index < -0.39 is 6.03 Å². The van der Waals surface area contributed by atoms with Crippen LogP contribution in [0.2, 0.25) is 0 Å². The van der Waals surface area contributed by atoms with Gasteiger partial charge in [-0.25, -0.2) is 4.79 Å². The van der Waals surface area contributed by atoms with Crippen LogP contribution in [0.15, 0.2) is 46.3 Å². The van der Waals surface area contributed by atoms with Gasteiger partial charge in [0.2, 0.25) is 5.78 Å². The number of hydrogen-bond acceptors (Lipinski definition) is 4. The Morgan fingerprint density at radius 2 is 1.84 bits per heavy atom. The van der Waals surface area contributed by atoms with Crippen molar-refractivity contribution < 1.29 is 19.8 Å². The molecule has 5 aliphatic rings. The van der Waals surface area contributed by atoms with Crippen LogP contribution in [0, 0.1) is 33.5 Å². The van der Waals surface area contributed by atoms with E-state index in [1.165, 1.54) is 5.57 Å². The molecular weight excluding hydrogens is 476 g/mol. The molecule has 0 aromatic rings. The summed E-state index contributed by atoms with van der Waals surface area (Å²) in [4.78, 5) is 26.9. The number of ketones is 1. The van der Waals surface area contributed by atoms with E-state index in [1.54, 1.807) is 11.0 Å². The smallest absolute Gasteiger partial charge is 0.315 e. The number of urea groups is 1. The SMILES string of the molecule is CC1=C(O)C(=O)C=C2C1=CC=C1[C@@]2(C)CC[C@@]2(C)C3C[C@@H](C)C(N(C(N)=O)C(C)CO)C[C@]3(C)CC[C@]12C. The fourth-order valence-electron chi connectivity index (χ4n) is 9.74. The molecule has 0 aromatic heterocycles. The minimum atomic E-state index is -0.439. The zero-order chi connectivity index (χ0) is 28.0. The van der Waals surface area contributed by atoms with Crippen LogP contribution >= 0.6 is 0 Å². The van der Waals surface area contributed by atoms with Crippen LogP contribution in [0.25, 0.3) is 0 Å². The van der Waals surface area contributed by atoms with E-state index in [1.807, 2.05) is 13.8 Å². The Balaban J connectivity index is 1.55. The summed E-state index contributed by atoms with van der Waals surface area (Å²) in [7, 11) is 0. The second-order valence-corrected chi connectivity index (χ2v) is 14.1. The molecule has 0 heterocycles. The van der Waals surface area contributed by atoms with Gasteiger partial charge in [-0.05, 0) is 97.7 Å². The van der Waals surface area contributed by atoms with Crippen molar-refractivity contribution >= 4 is 11.8 Å². The molecule has 6 nitrogen and oxygen atoms in total. The van der Waals surface area contributed by atoms with Crippen LogP contribution in [0.3, 0.4) is 0 Å². The number of fused-ring (bicyclic) bond motifs is 7. The van der Waals surface area contributed by atoms with E-state index in [0.29, 0.717) is 11.5 Å². The van der Waals surface area contributed by atoms with Gasteiger partial charge in [0, 0.05) is 17.0 Å². The van der Waals surface area contributed by atoms with Crippen molar-refractivity contribution in [2.75, 3.05) is 6.61 Å². The van der Waals surface area contributed by atoms with Crippen molar-refractivity contribution in [3.63, 3.8) is 0 Å².